The molecule has 0 saturated carbocycles. The monoisotopic (exact) mass is 475 g/mol. The number of halogens is 7. The summed E-state index contributed by atoms with van der Waals surface area (Å²) in [6.07, 6.45) is -10.7. The Morgan fingerprint density at radius 3 is 2.26 bits per heavy atom. The lowest BCUT2D eigenvalue weighted by atomic mass is 9.95. The number of aliphatic hydroxyl groups is 1. The fourth-order valence-electron chi connectivity index (χ4n) is 2.32. The smallest absolute Gasteiger partial charge is 0.425 e. The number of carbonyl (C=O) groups excluding carboxylic acids is 2. The number of nitrogens with zero attached hydrogens (tertiary/aromatic N) is 1. The Morgan fingerprint density at radius 1 is 1.13 bits per heavy atom. The molecule has 2 rings (SSSR count). The van der Waals surface area contributed by atoms with E-state index in [4.69, 9.17) is 11.6 Å². The molecule has 0 aliphatic carbocycles. The zero-order valence-electron chi connectivity index (χ0n) is 15.0. The van der Waals surface area contributed by atoms with Crippen LogP contribution in [-0.2, 0) is 27.9 Å². The molecule has 2 heterocycles. The van der Waals surface area contributed by atoms with Gasteiger partial charge >= 0.3 is 12.4 Å². The summed E-state index contributed by atoms with van der Waals surface area (Å²) in [6.45, 7) is -1.05. The Morgan fingerprint density at radius 2 is 1.74 bits per heavy atom. The van der Waals surface area contributed by atoms with Crippen molar-refractivity contribution in [2.45, 2.75) is 30.9 Å². The lowest BCUT2D eigenvalue weighted by Crippen LogP contribution is -2.50. The van der Waals surface area contributed by atoms with Crippen LogP contribution in [0.1, 0.15) is 17.7 Å². The van der Waals surface area contributed by atoms with Crippen molar-refractivity contribution in [3.63, 3.8) is 0 Å². The summed E-state index contributed by atoms with van der Waals surface area (Å²) in [7, 11) is 0. The highest BCUT2D eigenvalue weighted by Gasteiger charge is 2.58. The molecule has 2 aromatic rings. The summed E-state index contributed by atoms with van der Waals surface area (Å²) < 4.78 is 82.8. The molecule has 31 heavy (non-hydrogen) atoms. The highest BCUT2D eigenvalue weighted by Crippen LogP contribution is 2.41. The number of hydrogen-bond acceptors (Lipinski definition) is 5. The van der Waals surface area contributed by atoms with Crippen LogP contribution in [0.5, 0.6) is 0 Å². The van der Waals surface area contributed by atoms with E-state index in [0.717, 1.165) is 18.4 Å². The van der Waals surface area contributed by atoms with Crippen LogP contribution >= 0.6 is 11.6 Å². The van der Waals surface area contributed by atoms with Gasteiger partial charge in [-0.3, -0.25) is 25.2 Å². The standard InChI is InChI=1S/C16H12ClF6N3O5/c17-9-4-8(15(18,19)20)6-26(13(9)29)7-12(28)25-24-11(27)5-14(30,16(21,22)23)10-2-1-3-31-10/h1-4,6,30H,5,7H2,(H,24,27)(H,25,28)/t14-/m1/s1. The van der Waals surface area contributed by atoms with Crippen LogP contribution in [0.3, 0.4) is 0 Å². The minimum absolute atomic E-state index is 0.293. The number of carbonyl (C=O) groups is 2. The summed E-state index contributed by atoms with van der Waals surface area (Å²) in [4.78, 5) is 35.4. The van der Waals surface area contributed by atoms with E-state index >= 15 is 0 Å². The first-order valence-electron chi connectivity index (χ1n) is 8.03. The lowest BCUT2D eigenvalue weighted by Gasteiger charge is -2.27. The fourth-order valence-corrected chi connectivity index (χ4v) is 2.55. The number of rotatable bonds is 5. The van der Waals surface area contributed by atoms with Gasteiger partial charge in [0, 0.05) is 6.20 Å². The van der Waals surface area contributed by atoms with Gasteiger partial charge in [-0.05, 0) is 18.2 Å². The van der Waals surface area contributed by atoms with Crippen molar-refractivity contribution >= 4 is 23.4 Å². The van der Waals surface area contributed by atoms with Crippen molar-refractivity contribution in [1.29, 1.82) is 0 Å². The Kier molecular flexibility index (Phi) is 6.75. The summed E-state index contributed by atoms with van der Waals surface area (Å²) in [5.74, 6) is -3.76. The van der Waals surface area contributed by atoms with Crippen LogP contribution in [0, 0.1) is 0 Å². The predicted octanol–water partition coefficient (Wildman–Crippen LogP) is 2.10. The number of pyridine rings is 1. The van der Waals surface area contributed by atoms with E-state index in [0.29, 0.717) is 16.8 Å². The predicted molar refractivity (Wildman–Crippen MR) is 90.3 cm³/mol. The number of aromatic nitrogens is 1. The van der Waals surface area contributed by atoms with E-state index in [-0.39, 0.29) is 0 Å². The molecule has 1 atom stereocenters. The first-order valence-corrected chi connectivity index (χ1v) is 8.41. The van der Waals surface area contributed by atoms with Gasteiger partial charge in [0.1, 0.15) is 17.3 Å². The summed E-state index contributed by atoms with van der Waals surface area (Å²) >= 11 is 5.42. The van der Waals surface area contributed by atoms with Gasteiger partial charge in [-0.2, -0.15) is 26.3 Å². The summed E-state index contributed by atoms with van der Waals surface area (Å²) in [5.41, 5.74) is -3.01. The minimum atomic E-state index is -5.33. The van der Waals surface area contributed by atoms with Crippen LogP contribution in [0.2, 0.25) is 5.02 Å². The average molecular weight is 476 g/mol. The topological polar surface area (TPSA) is 114 Å². The highest BCUT2D eigenvalue weighted by molar-refractivity contribution is 6.30. The average Bonchev–Trinajstić information content (AvgIpc) is 3.17. The van der Waals surface area contributed by atoms with E-state index in [1.807, 2.05) is 0 Å². The number of hydrazine groups is 1. The zero-order chi connectivity index (χ0) is 23.6. The van der Waals surface area contributed by atoms with Crippen LogP contribution in [-0.4, -0.2) is 27.7 Å². The quantitative estimate of drug-likeness (QED) is 0.453. The molecule has 0 spiro atoms. The second-order valence-corrected chi connectivity index (χ2v) is 6.52. The molecule has 0 fully saturated rings. The molecule has 0 aromatic carbocycles. The van der Waals surface area contributed by atoms with E-state index in [2.05, 4.69) is 4.42 Å². The van der Waals surface area contributed by atoms with Gasteiger partial charge in [0.25, 0.3) is 11.5 Å². The van der Waals surface area contributed by atoms with Crippen molar-refractivity contribution in [3.05, 3.63) is 57.4 Å². The Hall–Kier alpha value is -3.00. The van der Waals surface area contributed by atoms with Gasteiger partial charge in [-0.1, -0.05) is 11.6 Å². The number of nitrogens with one attached hydrogen (secondary N) is 2. The molecule has 0 radical (unpaired) electrons. The Labute approximate surface area is 173 Å². The summed E-state index contributed by atoms with van der Waals surface area (Å²) in [6, 6.07) is 2.18. The Balaban J connectivity index is 2.07. The van der Waals surface area contributed by atoms with Crippen molar-refractivity contribution in [3.8, 4) is 0 Å². The normalized spacial score (nSPS) is 14.1. The third-order valence-corrected chi connectivity index (χ3v) is 4.11. The molecule has 0 bridgehead atoms. The number of alkyl halides is 6. The molecule has 8 nitrogen and oxygen atoms in total. The van der Waals surface area contributed by atoms with Crippen LogP contribution in [0.25, 0.3) is 0 Å². The molecule has 0 aliphatic heterocycles. The van der Waals surface area contributed by atoms with Crippen molar-refractivity contribution in [2.75, 3.05) is 0 Å². The molecule has 15 heteroatoms. The van der Waals surface area contributed by atoms with Crippen LogP contribution in [0.4, 0.5) is 26.3 Å². The fraction of sp³-hybridized carbons (Fsp3) is 0.312. The molecular formula is C16H12ClF6N3O5. The van der Waals surface area contributed by atoms with Gasteiger partial charge in [-0.25, -0.2) is 0 Å². The molecule has 2 amide bonds. The van der Waals surface area contributed by atoms with E-state index in [1.165, 1.54) is 0 Å². The first-order chi connectivity index (χ1) is 14.1. The van der Waals surface area contributed by atoms with E-state index in [9.17, 15) is 45.8 Å². The maximum absolute atomic E-state index is 13.2. The van der Waals surface area contributed by atoms with Gasteiger partial charge in [0.05, 0.1) is 18.2 Å². The number of furan rings is 1. The SMILES string of the molecule is O=C(Cn1cc(C(F)(F)F)cc(Cl)c1=O)NNC(=O)C[C@@](O)(c1ccco1)C(F)(F)F. The second kappa shape index (κ2) is 8.63. The van der Waals surface area contributed by atoms with Gasteiger partial charge in [0.2, 0.25) is 11.5 Å². The van der Waals surface area contributed by atoms with E-state index in [1.54, 1.807) is 10.9 Å². The maximum atomic E-state index is 13.2. The van der Waals surface area contributed by atoms with Crippen molar-refractivity contribution in [1.82, 2.24) is 15.4 Å². The third kappa shape index (κ3) is 5.58. The first kappa shape index (κ1) is 24.3. The van der Waals surface area contributed by atoms with Crippen LogP contribution < -0.4 is 16.4 Å². The van der Waals surface area contributed by atoms with Crippen molar-refractivity contribution in [2.24, 2.45) is 0 Å². The molecule has 0 aliphatic rings. The number of amides is 2. The summed E-state index contributed by atoms with van der Waals surface area (Å²) in [5, 5.41) is 9.06. The third-order valence-electron chi connectivity index (χ3n) is 3.84. The zero-order valence-corrected chi connectivity index (χ0v) is 15.7. The molecule has 2 aromatic heterocycles. The van der Waals surface area contributed by atoms with Gasteiger partial charge in [0.15, 0.2) is 0 Å². The maximum Gasteiger partial charge on any atom is 0.425 e. The largest absolute Gasteiger partial charge is 0.466 e. The van der Waals surface area contributed by atoms with Crippen molar-refractivity contribution < 1.29 is 45.5 Å². The Bertz CT molecular complexity index is 1020. The molecule has 0 unspecified atom stereocenters. The van der Waals surface area contributed by atoms with Gasteiger partial charge in [-0.15, -0.1) is 0 Å². The molecular weight excluding hydrogens is 464 g/mol. The highest BCUT2D eigenvalue weighted by atomic mass is 35.5. The molecule has 0 saturated heterocycles. The minimum Gasteiger partial charge on any atom is -0.466 e. The lowest BCUT2D eigenvalue weighted by molar-refractivity contribution is -0.273. The number of hydrogen-bond donors (Lipinski definition) is 3. The molecule has 3 N–H and O–H groups in total. The molecule has 170 valence electrons. The van der Waals surface area contributed by atoms with E-state index < -0.39 is 64.6 Å². The van der Waals surface area contributed by atoms with Crippen LogP contribution in [0.15, 0.2) is 39.9 Å². The second-order valence-electron chi connectivity index (χ2n) is 6.12. The van der Waals surface area contributed by atoms with Gasteiger partial charge < -0.3 is 14.1 Å².